The summed E-state index contributed by atoms with van der Waals surface area (Å²) in [6, 6.07) is 11.5. The molecule has 3 aromatic rings. The molecule has 0 saturated heterocycles. The highest BCUT2D eigenvalue weighted by atomic mass is 35.5. The van der Waals surface area contributed by atoms with E-state index in [1.54, 1.807) is 11.1 Å². The SMILES string of the molecule is CCOc1ncc([C@H](CC)N(CC)C(=O)Nc2ccc(F)c(Cl)c2)c2ccccc12. The highest BCUT2D eigenvalue weighted by molar-refractivity contribution is 6.31. The van der Waals surface area contributed by atoms with Gasteiger partial charge in [-0.05, 0) is 49.9 Å². The first-order valence-electron chi connectivity index (χ1n) is 10.0. The van der Waals surface area contributed by atoms with Crippen molar-refractivity contribution in [1.82, 2.24) is 9.88 Å². The van der Waals surface area contributed by atoms with Crippen LogP contribution in [0.1, 0.15) is 38.8 Å². The molecule has 0 saturated carbocycles. The van der Waals surface area contributed by atoms with Crippen LogP contribution in [0, 0.1) is 5.82 Å². The van der Waals surface area contributed by atoms with Gasteiger partial charge in [-0.25, -0.2) is 14.2 Å². The summed E-state index contributed by atoms with van der Waals surface area (Å²) in [6.45, 7) is 6.88. The lowest BCUT2D eigenvalue weighted by atomic mass is 9.98. The van der Waals surface area contributed by atoms with Gasteiger partial charge in [-0.3, -0.25) is 0 Å². The molecule has 1 heterocycles. The number of anilines is 1. The van der Waals surface area contributed by atoms with Crippen LogP contribution in [0.4, 0.5) is 14.9 Å². The Morgan fingerprint density at radius 3 is 2.57 bits per heavy atom. The molecular formula is C23H25ClFN3O2. The number of nitrogens with zero attached hydrogens (tertiary/aromatic N) is 2. The van der Waals surface area contributed by atoms with Crippen molar-refractivity contribution in [3.8, 4) is 5.88 Å². The van der Waals surface area contributed by atoms with Crippen LogP contribution in [0.15, 0.2) is 48.7 Å². The van der Waals surface area contributed by atoms with Gasteiger partial charge in [0.15, 0.2) is 0 Å². The molecule has 3 rings (SSSR count). The van der Waals surface area contributed by atoms with E-state index in [2.05, 4.69) is 10.3 Å². The molecule has 158 valence electrons. The molecule has 1 N–H and O–H groups in total. The molecule has 0 bridgehead atoms. The summed E-state index contributed by atoms with van der Waals surface area (Å²) in [5, 5.41) is 4.69. The lowest BCUT2D eigenvalue weighted by Gasteiger charge is -2.31. The number of amides is 2. The van der Waals surface area contributed by atoms with Crippen molar-refractivity contribution in [3.63, 3.8) is 0 Å². The third-order valence-electron chi connectivity index (χ3n) is 4.96. The van der Waals surface area contributed by atoms with Crippen LogP contribution < -0.4 is 10.1 Å². The molecule has 0 aliphatic carbocycles. The van der Waals surface area contributed by atoms with E-state index in [9.17, 15) is 9.18 Å². The molecule has 5 nitrogen and oxygen atoms in total. The Labute approximate surface area is 180 Å². The van der Waals surface area contributed by atoms with Gasteiger partial charge in [0.05, 0.1) is 17.7 Å². The van der Waals surface area contributed by atoms with Gasteiger partial charge in [-0.2, -0.15) is 0 Å². The van der Waals surface area contributed by atoms with Crippen molar-refractivity contribution < 1.29 is 13.9 Å². The van der Waals surface area contributed by atoms with Gasteiger partial charge in [-0.15, -0.1) is 0 Å². The Bertz CT molecular complexity index is 1040. The van der Waals surface area contributed by atoms with Crippen LogP contribution in [0.25, 0.3) is 10.8 Å². The number of aromatic nitrogens is 1. The highest BCUT2D eigenvalue weighted by Gasteiger charge is 2.25. The van der Waals surface area contributed by atoms with Crippen molar-refractivity contribution in [3.05, 3.63) is 65.1 Å². The monoisotopic (exact) mass is 429 g/mol. The fourth-order valence-corrected chi connectivity index (χ4v) is 3.77. The molecule has 2 aromatic carbocycles. The molecule has 0 aliphatic rings. The van der Waals surface area contributed by atoms with Crippen LogP contribution in [0.3, 0.4) is 0 Å². The lowest BCUT2D eigenvalue weighted by molar-refractivity contribution is 0.190. The second kappa shape index (κ2) is 9.76. The average molecular weight is 430 g/mol. The van der Waals surface area contributed by atoms with E-state index >= 15 is 0 Å². The summed E-state index contributed by atoms with van der Waals surface area (Å²) in [5.74, 6) is 0.0561. The third kappa shape index (κ3) is 4.49. The molecule has 0 radical (unpaired) electrons. The van der Waals surface area contributed by atoms with Crippen LogP contribution >= 0.6 is 11.6 Å². The van der Waals surface area contributed by atoms with Gasteiger partial charge in [0.2, 0.25) is 5.88 Å². The number of carbonyl (C=O) groups excluding carboxylic acids is 1. The van der Waals surface area contributed by atoms with Gasteiger partial charge in [0.1, 0.15) is 5.82 Å². The number of hydrogen-bond acceptors (Lipinski definition) is 3. The summed E-state index contributed by atoms with van der Waals surface area (Å²) in [6.07, 6.45) is 2.48. The second-order valence-corrected chi connectivity index (χ2v) is 7.17. The topological polar surface area (TPSA) is 54.5 Å². The minimum absolute atomic E-state index is 0.0374. The Hall–Kier alpha value is -2.86. The second-order valence-electron chi connectivity index (χ2n) is 6.77. The van der Waals surface area contributed by atoms with Crippen LogP contribution in [0.5, 0.6) is 5.88 Å². The normalized spacial score (nSPS) is 11.9. The summed E-state index contributed by atoms with van der Waals surface area (Å²) < 4.78 is 19.1. The first kappa shape index (κ1) is 21.8. The van der Waals surface area contributed by atoms with Gasteiger partial charge in [0.25, 0.3) is 0 Å². The maximum Gasteiger partial charge on any atom is 0.322 e. The average Bonchev–Trinajstić information content (AvgIpc) is 2.75. The van der Waals surface area contributed by atoms with E-state index in [-0.39, 0.29) is 17.1 Å². The van der Waals surface area contributed by atoms with Gasteiger partial charge >= 0.3 is 6.03 Å². The van der Waals surface area contributed by atoms with E-state index in [4.69, 9.17) is 16.3 Å². The van der Waals surface area contributed by atoms with Crippen molar-refractivity contribution in [1.29, 1.82) is 0 Å². The molecule has 1 atom stereocenters. The maximum atomic E-state index is 13.4. The highest BCUT2D eigenvalue weighted by Crippen LogP contribution is 2.34. The molecule has 0 aliphatic heterocycles. The van der Waals surface area contributed by atoms with E-state index in [0.29, 0.717) is 31.1 Å². The number of carbonyl (C=O) groups is 1. The molecule has 0 fully saturated rings. The van der Waals surface area contributed by atoms with Crippen molar-refractivity contribution in [2.45, 2.75) is 33.2 Å². The molecule has 0 unspecified atom stereocenters. The molecular weight excluding hydrogens is 405 g/mol. The number of nitrogens with one attached hydrogen (secondary N) is 1. The number of benzene rings is 2. The third-order valence-corrected chi connectivity index (χ3v) is 5.25. The van der Waals surface area contributed by atoms with E-state index in [1.807, 2.05) is 45.0 Å². The van der Waals surface area contributed by atoms with E-state index in [0.717, 1.165) is 16.3 Å². The van der Waals surface area contributed by atoms with Crippen LogP contribution in [-0.4, -0.2) is 29.1 Å². The summed E-state index contributed by atoms with van der Waals surface area (Å²) in [4.78, 5) is 19.3. The van der Waals surface area contributed by atoms with Gasteiger partial charge in [0, 0.05) is 29.4 Å². The quantitative estimate of drug-likeness (QED) is 0.470. The minimum atomic E-state index is -0.527. The maximum absolute atomic E-state index is 13.4. The van der Waals surface area contributed by atoms with Gasteiger partial charge < -0.3 is 15.0 Å². The Morgan fingerprint density at radius 2 is 1.93 bits per heavy atom. The largest absolute Gasteiger partial charge is 0.478 e. The molecule has 0 spiro atoms. The summed E-state index contributed by atoms with van der Waals surface area (Å²) >= 11 is 5.84. The van der Waals surface area contributed by atoms with Crippen molar-refractivity contribution >= 4 is 34.1 Å². The van der Waals surface area contributed by atoms with Crippen LogP contribution in [0.2, 0.25) is 5.02 Å². The number of hydrogen-bond donors (Lipinski definition) is 1. The van der Waals surface area contributed by atoms with Crippen molar-refractivity contribution in [2.24, 2.45) is 0 Å². The molecule has 30 heavy (non-hydrogen) atoms. The number of pyridine rings is 1. The first-order chi connectivity index (χ1) is 14.5. The number of ether oxygens (including phenoxy) is 1. The zero-order chi connectivity index (χ0) is 21.7. The van der Waals surface area contributed by atoms with E-state index < -0.39 is 5.82 Å². The van der Waals surface area contributed by atoms with Gasteiger partial charge in [-0.1, -0.05) is 36.7 Å². The predicted molar refractivity (Wildman–Crippen MR) is 119 cm³/mol. The standard InChI is InChI=1S/C23H25ClFN3O2/c1-4-21(18-14-26-22(30-6-3)17-10-8-7-9-16(17)18)28(5-2)23(29)27-15-11-12-20(25)19(24)13-15/h7-14,21H,4-6H2,1-3H3,(H,27,29)/t21-/m0/s1. The first-order valence-corrected chi connectivity index (χ1v) is 10.4. The summed E-state index contributed by atoms with van der Waals surface area (Å²) in [7, 11) is 0. The lowest BCUT2D eigenvalue weighted by Crippen LogP contribution is -2.38. The number of fused-ring (bicyclic) bond motifs is 1. The molecule has 7 heteroatoms. The fourth-order valence-electron chi connectivity index (χ4n) is 3.59. The van der Waals surface area contributed by atoms with Crippen molar-refractivity contribution in [2.75, 3.05) is 18.5 Å². The minimum Gasteiger partial charge on any atom is -0.478 e. The fraction of sp³-hybridized carbons (Fsp3) is 0.304. The number of rotatable bonds is 7. The zero-order valence-corrected chi connectivity index (χ0v) is 18.0. The summed E-state index contributed by atoms with van der Waals surface area (Å²) in [5.41, 5.74) is 1.39. The zero-order valence-electron chi connectivity index (χ0n) is 17.3. The molecule has 1 aromatic heterocycles. The number of urea groups is 1. The Morgan fingerprint density at radius 1 is 1.20 bits per heavy atom. The number of halogens is 2. The Balaban J connectivity index is 1.95. The Kier molecular flexibility index (Phi) is 7.11. The smallest absolute Gasteiger partial charge is 0.322 e. The van der Waals surface area contributed by atoms with Crippen LogP contribution in [-0.2, 0) is 0 Å². The molecule has 2 amide bonds. The van der Waals surface area contributed by atoms with E-state index in [1.165, 1.54) is 18.2 Å². The predicted octanol–water partition coefficient (Wildman–Crippen LogP) is 6.43.